The standard InChI is InChI=1S/C11H15NO.C8H5F3O2/c1-2-4-11(5-3-1)10-12-6-8-13-9-7-12;9-8(10,11)6-4-2-1-3-5(6)7(12)13/h1-5H,6-10H2;1-4H,(H,12,13). The van der Waals surface area contributed by atoms with E-state index in [9.17, 15) is 23.1 Å². The normalized spacial score (nSPS) is 15.0. The van der Waals surface area contributed by atoms with Crippen LogP contribution in [0.15, 0.2) is 54.6 Å². The number of hydrogen-bond acceptors (Lipinski definition) is 3. The summed E-state index contributed by atoms with van der Waals surface area (Å²) in [5, 5.41) is 10.3. The van der Waals surface area contributed by atoms with Crippen LogP contribution < -0.4 is 10.0 Å². The highest BCUT2D eigenvalue weighted by atomic mass is 19.4. The predicted octanol–water partition coefficient (Wildman–Crippen LogP) is 1.17. The summed E-state index contributed by atoms with van der Waals surface area (Å²) < 4.78 is 41.7. The van der Waals surface area contributed by atoms with Gasteiger partial charge in [0, 0.05) is 11.1 Å². The summed E-state index contributed by atoms with van der Waals surface area (Å²) in [7, 11) is 0. The van der Waals surface area contributed by atoms with Gasteiger partial charge in [-0.05, 0) is 6.07 Å². The van der Waals surface area contributed by atoms with Gasteiger partial charge in [-0.3, -0.25) is 0 Å². The van der Waals surface area contributed by atoms with E-state index in [0.29, 0.717) is 6.07 Å². The van der Waals surface area contributed by atoms with E-state index in [0.717, 1.165) is 45.0 Å². The first kappa shape index (κ1) is 19.9. The second-order valence-corrected chi connectivity index (χ2v) is 5.86. The lowest BCUT2D eigenvalue weighted by Gasteiger charge is -2.23. The average molecular weight is 367 g/mol. The number of benzene rings is 2. The first-order chi connectivity index (χ1) is 12.4. The van der Waals surface area contributed by atoms with Crippen LogP contribution in [-0.4, -0.2) is 32.3 Å². The molecule has 0 radical (unpaired) electrons. The molecule has 0 saturated carbocycles. The number of carbonyl (C=O) groups excluding carboxylic acids is 1. The molecule has 0 bridgehead atoms. The van der Waals surface area contributed by atoms with Gasteiger partial charge in [-0.1, -0.05) is 48.5 Å². The number of hydrogen-bond donors (Lipinski definition) is 1. The predicted molar refractivity (Wildman–Crippen MR) is 87.4 cm³/mol. The molecule has 140 valence electrons. The van der Waals surface area contributed by atoms with Crippen molar-refractivity contribution in [3.8, 4) is 0 Å². The van der Waals surface area contributed by atoms with Crippen LogP contribution in [0.3, 0.4) is 0 Å². The Hall–Kier alpha value is -2.38. The van der Waals surface area contributed by atoms with Gasteiger partial charge in [-0.15, -0.1) is 0 Å². The molecule has 0 amide bonds. The van der Waals surface area contributed by atoms with Crippen molar-refractivity contribution in [2.75, 3.05) is 26.3 Å². The van der Waals surface area contributed by atoms with Crippen LogP contribution in [-0.2, 0) is 17.5 Å². The number of rotatable bonds is 3. The van der Waals surface area contributed by atoms with Crippen LogP contribution in [0.25, 0.3) is 0 Å². The summed E-state index contributed by atoms with van der Waals surface area (Å²) in [6, 6.07) is 14.6. The van der Waals surface area contributed by atoms with Gasteiger partial charge in [0.2, 0.25) is 0 Å². The molecule has 0 aromatic heterocycles. The maximum atomic E-state index is 12.1. The molecule has 4 nitrogen and oxygen atoms in total. The molecule has 2 aromatic carbocycles. The molecule has 7 heteroatoms. The number of halogens is 3. The fourth-order valence-corrected chi connectivity index (χ4v) is 2.63. The topological polar surface area (TPSA) is 53.8 Å². The van der Waals surface area contributed by atoms with E-state index in [2.05, 4.69) is 30.3 Å². The zero-order valence-electron chi connectivity index (χ0n) is 14.1. The number of carbonyl (C=O) groups is 1. The Balaban J connectivity index is 0.000000187. The molecular weight excluding hydrogens is 347 g/mol. The van der Waals surface area contributed by atoms with E-state index in [-0.39, 0.29) is 0 Å². The average Bonchev–Trinajstić information content (AvgIpc) is 2.63. The van der Waals surface area contributed by atoms with Crippen LogP contribution in [0.4, 0.5) is 13.2 Å². The van der Waals surface area contributed by atoms with Gasteiger partial charge in [0.15, 0.2) is 0 Å². The summed E-state index contributed by atoms with van der Waals surface area (Å²) >= 11 is 0. The van der Waals surface area contributed by atoms with Crippen LogP contribution in [0, 0.1) is 0 Å². The Labute approximate surface area is 149 Å². The largest absolute Gasteiger partial charge is 0.545 e. The Kier molecular flexibility index (Phi) is 7.17. The van der Waals surface area contributed by atoms with Gasteiger partial charge < -0.3 is 19.5 Å². The van der Waals surface area contributed by atoms with E-state index in [4.69, 9.17) is 4.74 Å². The monoisotopic (exact) mass is 367 g/mol. The van der Waals surface area contributed by atoms with Crippen LogP contribution in [0.2, 0.25) is 0 Å². The van der Waals surface area contributed by atoms with Crippen molar-refractivity contribution in [3.63, 3.8) is 0 Å². The van der Waals surface area contributed by atoms with Crippen molar-refractivity contribution < 1.29 is 32.7 Å². The third kappa shape index (κ3) is 6.16. The van der Waals surface area contributed by atoms with E-state index < -0.39 is 23.3 Å². The molecule has 1 fully saturated rings. The maximum absolute atomic E-state index is 12.1. The van der Waals surface area contributed by atoms with E-state index >= 15 is 0 Å². The van der Waals surface area contributed by atoms with Gasteiger partial charge in [-0.2, -0.15) is 13.2 Å². The number of carboxylic acids is 1. The number of nitrogens with one attached hydrogen (secondary N) is 1. The number of morpholine rings is 1. The van der Waals surface area contributed by atoms with Crippen molar-refractivity contribution >= 4 is 5.97 Å². The smallest absolute Gasteiger partial charge is 0.417 e. The summed E-state index contributed by atoms with van der Waals surface area (Å²) in [6.45, 7) is 5.28. The molecule has 1 heterocycles. The van der Waals surface area contributed by atoms with E-state index in [1.165, 1.54) is 11.6 Å². The van der Waals surface area contributed by atoms with Crippen molar-refractivity contribution in [1.29, 1.82) is 0 Å². The molecule has 1 saturated heterocycles. The van der Waals surface area contributed by atoms with Gasteiger partial charge in [0.25, 0.3) is 0 Å². The van der Waals surface area contributed by atoms with Gasteiger partial charge in [-0.25, -0.2) is 0 Å². The molecule has 1 aliphatic heterocycles. The third-order valence-corrected chi connectivity index (χ3v) is 3.95. The summed E-state index contributed by atoms with van der Waals surface area (Å²) in [5.41, 5.74) is -0.593. The van der Waals surface area contributed by atoms with Gasteiger partial charge >= 0.3 is 6.18 Å². The second-order valence-electron chi connectivity index (χ2n) is 5.86. The van der Waals surface area contributed by atoms with Crippen molar-refractivity contribution in [3.05, 3.63) is 71.3 Å². The lowest BCUT2D eigenvalue weighted by molar-refractivity contribution is -0.921. The number of ether oxygens (including phenoxy) is 1. The van der Waals surface area contributed by atoms with Crippen molar-refractivity contribution in [1.82, 2.24) is 0 Å². The van der Waals surface area contributed by atoms with Gasteiger partial charge in [0.05, 0.1) is 24.7 Å². The second kappa shape index (κ2) is 9.35. The van der Waals surface area contributed by atoms with E-state index in [1.54, 1.807) is 4.90 Å². The molecule has 2 aromatic rings. The zero-order chi connectivity index (χ0) is 19.0. The number of aromatic carboxylic acids is 1. The molecule has 3 rings (SSSR count). The minimum absolute atomic E-state index is 0.700. The minimum Gasteiger partial charge on any atom is -0.545 e. The number of carboxylic acid groups (broad SMARTS) is 1. The van der Waals surface area contributed by atoms with Crippen LogP contribution >= 0.6 is 0 Å². The number of quaternary nitrogens is 1. The Morgan fingerprint density at radius 3 is 2.12 bits per heavy atom. The first-order valence-corrected chi connectivity index (χ1v) is 8.20. The fraction of sp³-hybridized carbons (Fsp3) is 0.316. The highest BCUT2D eigenvalue weighted by Gasteiger charge is 2.33. The molecule has 1 N–H and O–H groups in total. The van der Waals surface area contributed by atoms with Crippen LogP contribution in [0.1, 0.15) is 21.5 Å². The Bertz CT molecular complexity index is 699. The fourth-order valence-electron chi connectivity index (χ4n) is 2.63. The minimum atomic E-state index is -4.66. The molecule has 26 heavy (non-hydrogen) atoms. The number of alkyl halides is 3. The van der Waals surface area contributed by atoms with Gasteiger partial charge in [0.1, 0.15) is 19.6 Å². The lowest BCUT2D eigenvalue weighted by Crippen LogP contribution is -3.12. The molecule has 1 aliphatic rings. The lowest BCUT2D eigenvalue weighted by atomic mass is 10.1. The first-order valence-electron chi connectivity index (χ1n) is 8.20. The van der Waals surface area contributed by atoms with Crippen LogP contribution in [0.5, 0.6) is 0 Å². The van der Waals surface area contributed by atoms with Crippen molar-refractivity contribution in [2.45, 2.75) is 12.7 Å². The Morgan fingerprint density at radius 1 is 1.00 bits per heavy atom. The van der Waals surface area contributed by atoms with E-state index in [1.807, 2.05) is 0 Å². The highest BCUT2D eigenvalue weighted by Crippen LogP contribution is 2.31. The zero-order valence-corrected chi connectivity index (χ0v) is 14.1. The summed E-state index contributed by atoms with van der Waals surface area (Å²) in [4.78, 5) is 11.9. The highest BCUT2D eigenvalue weighted by molar-refractivity contribution is 5.87. The Morgan fingerprint density at radius 2 is 1.58 bits per heavy atom. The van der Waals surface area contributed by atoms with Crippen molar-refractivity contribution in [2.24, 2.45) is 0 Å². The third-order valence-electron chi connectivity index (χ3n) is 3.95. The molecule has 0 spiro atoms. The SMILES string of the molecule is O=C([O-])c1ccccc1C(F)(F)F.c1ccc(C[NH+]2CCOCC2)cc1. The molecule has 0 aliphatic carbocycles. The maximum Gasteiger partial charge on any atom is 0.417 e. The molecule has 0 atom stereocenters. The summed E-state index contributed by atoms with van der Waals surface area (Å²) in [5.74, 6) is -1.83. The summed E-state index contributed by atoms with van der Waals surface area (Å²) in [6.07, 6.45) is -4.66. The molecular formula is C19H20F3NO3. The quantitative estimate of drug-likeness (QED) is 0.886. The molecule has 0 unspecified atom stereocenters.